The highest BCUT2D eigenvalue weighted by atomic mass is 16.3. The second kappa shape index (κ2) is 29.7. The molecule has 0 aliphatic heterocycles. The van der Waals surface area contributed by atoms with Gasteiger partial charge in [0.05, 0.1) is 0 Å². The first kappa shape index (κ1) is 71.5. The molecule has 0 saturated heterocycles. The first-order valence-electron chi connectivity index (χ1n) is 41.6. The molecule has 6 heterocycles. The fraction of sp³-hybridized carbons (Fsp3) is 0.0364. The molecule has 14 nitrogen and oxygen atoms in total. The Hall–Kier alpha value is -16.6. The van der Waals surface area contributed by atoms with Gasteiger partial charge in [-0.3, -0.25) is 0 Å². The molecule has 0 amide bonds. The van der Waals surface area contributed by atoms with Gasteiger partial charge in [0.2, 0.25) is 0 Å². The molecule has 6 aliphatic rings. The van der Waals surface area contributed by atoms with Crippen molar-refractivity contribution in [2.45, 2.75) is 23.7 Å². The van der Waals surface area contributed by atoms with Crippen LogP contribution in [0.5, 0.6) is 0 Å². The second-order valence-electron chi connectivity index (χ2n) is 31.7. The molecule has 0 radical (unpaired) electrons. The topological polar surface area (TPSA) is 181 Å². The molecular weight excluding hydrogens is 1520 g/mol. The van der Waals surface area contributed by atoms with Crippen LogP contribution in [0.15, 0.2) is 397 Å². The van der Waals surface area contributed by atoms with Crippen molar-refractivity contribution in [3.8, 4) is 148 Å². The van der Waals surface area contributed by atoms with Crippen molar-refractivity contribution in [1.29, 1.82) is 0 Å². The van der Waals surface area contributed by atoms with E-state index in [0.717, 1.165) is 94.5 Å². The zero-order valence-corrected chi connectivity index (χ0v) is 66.4. The maximum absolute atomic E-state index is 6.28. The van der Waals surface area contributed by atoms with Crippen LogP contribution in [0.2, 0.25) is 0 Å². The van der Waals surface area contributed by atoms with Gasteiger partial charge in [-0.15, -0.1) is 0 Å². The summed E-state index contributed by atoms with van der Waals surface area (Å²) in [7, 11) is 0. The van der Waals surface area contributed by atoms with Gasteiger partial charge in [0.1, 0.15) is 16.9 Å². The zero-order valence-electron chi connectivity index (χ0n) is 66.4. The van der Waals surface area contributed by atoms with Gasteiger partial charge in [-0.25, -0.2) is 59.8 Å². The largest absolute Gasteiger partial charge is 0.456 e. The van der Waals surface area contributed by atoms with E-state index < -0.39 is 0 Å². The van der Waals surface area contributed by atoms with Gasteiger partial charge in [-0.2, -0.15) is 0 Å². The molecule has 6 aromatic heterocycles. The third kappa shape index (κ3) is 12.7. The molecule has 21 aromatic rings. The monoisotopic (exact) mass is 1590 g/mol. The molecule has 4 bridgehead atoms. The normalized spacial score (nSPS) is 14.6. The van der Waals surface area contributed by atoms with Crippen molar-refractivity contribution < 1.29 is 8.83 Å². The summed E-state index contributed by atoms with van der Waals surface area (Å²) in [5.41, 5.74) is 28.5. The molecular formula is C110H68N12O2. The highest BCUT2D eigenvalue weighted by Crippen LogP contribution is 2.59. The molecule has 4 unspecified atom stereocenters. The third-order valence-electron chi connectivity index (χ3n) is 24.3. The summed E-state index contributed by atoms with van der Waals surface area (Å²) in [6.07, 6.45) is 0. The Labute approximate surface area is 712 Å². The van der Waals surface area contributed by atoms with E-state index in [0.29, 0.717) is 75.7 Å². The molecule has 0 spiro atoms. The average molecular weight is 1590 g/mol. The van der Waals surface area contributed by atoms with Crippen molar-refractivity contribution in [3.63, 3.8) is 0 Å². The van der Waals surface area contributed by atoms with Gasteiger partial charge >= 0.3 is 0 Å². The fourth-order valence-corrected chi connectivity index (χ4v) is 18.5. The van der Waals surface area contributed by atoms with E-state index in [4.69, 9.17) is 68.6 Å². The Morgan fingerprint density at radius 2 is 0.331 bits per heavy atom. The molecule has 6 aliphatic carbocycles. The Morgan fingerprint density at radius 1 is 0.137 bits per heavy atom. The van der Waals surface area contributed by atoms with Gasteiger partial charge in [0.25, 0.3) is 0 Å². The average Bonchev–Trinajstić information content (AvgIpc) is 1.22. The van der Waals surface area contributed by atoms with Gasteiger partial charge in [-0.1, -0.05) is 340 Å². The summed E-state index contributed by atoms with van der Waals surface area (Å²) < 4.78 is 12.5. The van der Waals surface area contributed by atoms with Gasteiger partial charge in [0.15, 0.2) is 75.7 Å². The molecule has 27 rings (SSSR count). The molecule has 0 N–H and O–H groups in total. The highest BCUT2D eigenvalue weighted by Gasteiger charge is 2.44. The lowest BCUT2D eigenvalue weighted by Gasteiger charge is -2.42. The van der Waals surface area contributed by atoms with Crippen LogP contribution in [0.1, 0.15) is 90.4 Å². The lowest BCUT2D eigenvalue weighted by molar-refractivity contribution is 0.625. The molecule has 0 saturated carbocycles. The predicted octanol–water partition coefficient (Wildman–Crippen LogP) is 25.3. The molecule has 580 valence electrons. The Morgan fingerprint density at radius 3 is 0.605 bits per heavy atom. The molecule has 0 fully saturated rings. The number of rotatable bonds is 13. The van der Waals surface area contributed by atoms with Crippen LogP contribution in [0.3, 0.4) is 0 Å². The highest BCUT2D eigenvalue weighted by molar-refractivity contribution is 5.86. The molecule has 124 heavy (non-hydrogen) atoms. The van der Waals surface area contributed by atoms with Crippen LogP contribution < -0.4 is 0 Å². The predicted molar refractivity (Wildman–Crippen MR) is 486 cm³/mol. The van der Waals surface area contributed by atoms with Crippen molar-refractivity contribution in [2.24, 2.45) is 0 Å². The number of aromatic nitrogens is 12. The van der Waals surface area contributed by atoms with Gasteiger partial charge < -0.3 is 8.83 Å². The standard InChI is InChI=1S/C58H36N6O.C52H32N6O/c1-4-14-36(15-5-1)53-59-54(37-16-6-2-7-17-37)62-57(61-53)41-28-30-45-47(32-41)51-43-21-11-12-22-44(43)52(45)48-33-42(29-31-46(48)51)58-63-55(38-18-8-3-9-19-38)60-56(64-58)39-26-24-35(25-27-39)50-34-40-20-10-13-23-49(40)65-50;1-4-14-31(15-5-1)47-53-48(32-16-6-2-7-17-32)55-50(54-47)35-24-26-39-41(28-35)45-37-21-11-12-22-38(37)46(39)42-29-36(25-27-40(42)45)51-56-49(33-18-8-3-9-19-33)57-52(58-51)44-30-34-20-10-13-23-43(34)59-44/h1-34,51-52H;1-30,45-46H. The molecule has 15 aromatic carbocycles. The fourth-order valence-electron chi connectivity index (χ4n) is 18.5. The van der Waals surface area contributed by atoms with E-state index in [1.807, 2.05) is 231 Å². The molecule has 4 atom stereocenters. The lowest BCUT2D eigenvalue weighted by atomic mass is 9.61. The minimum Gasteiger partial charge on any atom is -0.456 e. The number of para-hydroxylation sites is 2. The van der Waals surface area contributed by atoms with E-state index in [-0.39, 0.29) is 23.7 Å². The first-order chi connectivity index (χ1) is 61.4. The van der Waals surface area contributed by atoms with E-state index in [2.05, 4.69) is 158 Å². The summed E-state index contributed by atoms with van der Waals surface area (Å²) in [4.78, 5) is 60.6. The number of fused-ring (bicyclic) bond motifs is 2. The van der Waals surface area contributed by atoms with Gasteiger partial charge in [0, 0.05) is 101 Å². The number of furan rings is 2. The van der Waals surface area contributed by atoms with E-state index in [1.54, 1.807) is 0 Å². The number of hydrogen-bond donors (Lipinski definition) is 0. The third-order valence-corrected chi connectivity index (χ3v) is 24.3. The van der Waals surface area contributed by atoms with E-state index >= 15 is 0 Å². The summed E-state index contributed by atoms with van der Waals surface area (Å²) in [5.74, 6) is 8.96. The summed E-state index contributed by atoms with van der Waals surface area (Å²) in [6, 6.07) is 134. The van der Waals surface area contributed by atoms with Crippen molar-refractivity contribution >= 4 is 21.9 Å². The van der Waals surface area contributed by atoms with Gasteiger partial charge in [-0.05, 0) is 115 Å². The van der Waals surface area contributed by atoms with Crippen molar-refractivity contribution in [2.75, 3.05) is 0 Å². The minimum absolute atomic E-state index is 0.0222. The van der Waals surface area contributed by atoms with Crippen LogP contribution in [0.4, 0.5) is 0 Å². The SMILES string of the molecule is c1ccc(-c2nc(-c3ccccc3)nc(-c3ccc4c(c3)C3c5ccccc5C4c4cc(-c5nc(-c6ccccc6)nc(-c6cc7ccccc7o6)n5)ccc43)n2)cc1.c1ccc(-c2nc(-c3ccccc3)nc(-c3ccc4c(c3)C3c5ccccc5C4c4cc(-c5nc(-c6ccccc6)nc(-c6ccc(-c7cc8ccccc8o7)cc6)n5)ccc43)n2)cc1. The van der Waals surface area contributed by atoms with E-state index in [9.17, 15) is 0 Å². The number of hydrogen-bond acceptors (Lipinski definition) is 14. The quantitative estimate of drug-likeness (QED) is 0.106. The second-order valence-corrected chi connectivity index (χ2v) is 31.7. The maximum Gasteiger partial charge on any atom is 0.199 e. The van der Waals surface area contributed by atoms with Crippen molar-refractivity contribution in [1.82, 2.24) is 59.8 Å². The van der Waals surface area contributed by atoms with E-state index in [1.165, 1.54) is 66.8 Å². The van der Waals surface area contributed by atoms with Crippen LogP contribution in [-0.2, 0) is 0 Å². The smallest absolute Gasteiger partial charge is 0.199 e. The number of nitrogens with zero attached hydrogens (tertiary/aromatic N) is 12. The maximum atomic E-state index is 6.28. The van der Waals surface area contributed by atoms with Crippen molar-refractivity contribution in [3.05, 3.63) is 455 Å². The number of benzene rings is 15. The zero-order chi connectivity index (χ0) is 81.7. The van der Waals surface area contributed by atoms with Crippen LogP contribution in [-0.4, -0.2) is 59.8 Å². The lowest BCUT2D eigenvalue weighted by Crippen LogP contribution is -2.27. The van der Waals surface area contributed by atoms with Crippen LogP contribution >= 0.6 is 0 Å². The Balaban J connectivity index is 0.000000140. The molecule has 14 heteroatoms. The first-order valence-corrected chi connectivity index (χ1v) is 41.6. The minimum atomic E-state index is 0.0222. The summed E-state index contributed by atoms with van der Waals surface area (Å²) >= 11 is 0. The van der Waals surface area contributed by atoms with Crippen LogP contribution in [0.25, 0.3) is 170 Å². The summed E-state index contributed by atoms with van der Waals surface area (Å²) in [6.45, 7) is 0. The Kier molecular flexibility index (Phi) is 17.2. The summed E-state index contributed by atoms with van der Waals surface area (Å²) in [5, 5.41) is 2.07. The Bertz CT molecular complexity index is 7580. The van der Waals surface area contributed by atoms with Crippen LogP contribution in [0, 0.1) is 0 Å².